The van der Waals surface area contributed by atoms with E-state index in [4.69, 9.17) is 18.9 Å². The van der Waals surface area contributed by atoms with Gasteiger partial charge in [-0.05, 0) is 48.5 Å². The molecule has 35 heavy (non-hydrogen) atoms. The van der Waals surface area contributed by atoms with Crippen LogP contribution in [0.15, 0.2) is 85.1 Å². The molecule has 2 heterocycles. The van der Waals surface area contributed by atoms with E-state index in [-0.39, 0.29) is 5.75 Å². The molecule has 0 saturated carbocycles. The quantitative estimate of drug-likeness (QED) is 0.272. The van der Waals surface area contributed by atoms with Gasteiger partial charge in [0.25, 0.3) is 0 Å². The highest BCUT2D eigenvalue weighted by atomic mass is 19.1. The molecule has 0 N–H and O–H groups in total. The third kappa shape index (κ3) is 4.67. The number of ether oxygens (including phenoxy) is 4. The molecule has 0 fully saturated rings. The van der Waals surface area contributed by atoms with Crippen LogP contribution in [0.1, 0.15) is 0 Å². The van der Waals surface area contributed by atoms with Gasteiger partial charge in [-0.3, -0.25) is 4.98 Å². The predicted octanol–water partition coefficient (Wildman–Crippen LogP) is 6.43. The first-order valence-corrected chi connectivity index (χ1v) is 10.7. The van der Waals surface area contributed by atoms with E-state index in [1.54, 1.807) is 62.9 Å². The number of nitrogens with zero attached hydrogens (tertiary/aromatic N) is 3. The van der Waals surface area contributed by atoms with E-state index in [0.717, 1.165) is 0 Å². The summed E-state index contributed by atoms with van der Waals surface area (Å²) in [5, 5.41) is 8.90. The van der Waals surface area contributed by atoms with E-state index < -0.39 is 5.82 Å². The average molecular weight is 469 g/mol. The van der Waals surface area contributed by atoms with Gasteiger partial charge >= 0.3 is 0 Å². The van der Waals surface area contributed by atoms with Crippen molar-refractivity contribution in [3.8, 4) is 45.9 Å². The third-order valence-electron chi connectivity index (χ3n) is 5.26. The van der Waals surface area contributed by atoms with Crippen LogP contribution in [0.5, 0.6) is 34.6 Å². The van der Waals surface area contributed by atoms with Gasteiger partial charge in [0.1, 0.15) is 11.5 Å². The van der Waals surface area contributed by atoms with E-state index in [1.165, 1.54) is 6.07 Å². The van der Waals surface area contributed by atoms with Gasteiger partial charge in [-0.25, -0.2) is 4.39 Å². The third-order valence-corrected chi connectivity index (χ3v) is 5.26. The summed E-state index contributed by atoms with van der Waals surface area (Å²) in [5.74, 6) is 2.02. The van der Waals surface area contributed by atoms with Crippen LogP contribution in [-0.4, -0.2) is 29.4 Å². The first-order chi connectivity index (χ1) is 17.1. The second-order valence-corrected chi connectivity index (χ2v) is 7.45. The molecule has 8 heteroatoms. The van der Waals surface area contributed by atoms with Gasteiger partial charge < -0.3 is 18.9 Å². The van der Waals surface area contributed by atoms with Crippen molar-refractivity contribution in [1.29, 1.82) is 0 Å². The second-order valence-electron chi connectivity index (χ2n) is 7.45. The molecule has 0 radical (unpaired) electrons. The number of benzene rings is 3. The molecule has 3 aromatic carbocycles. The molecule has 0 aliphatic carbocycles. The molecule has 0 amide bonds. The van der Waals surface area contributed by atoms with Crippen molar-refractivity contribution < 1.29 is 23.3 Å². The molecule has 2 aromatic heterocycles. The molecule has 0 aliphatic rings. The summed E-state index contributed by atoms with van der Waals surface area (Å²) in [7, 11) is 3.09. The predicted molar refractivity (Wildman–Crippen MR) is 129 cm³/mol. The molecule has 5 aromatic rings. The minimum atomic E-state index is -0.542. The van der Waals surface area contributed by atoms with Crippen molar-refractivity contribution in [1.82, 2.24) is 15.2 Å². The van der Waals surface area contributed by atoms with Gasteiger partial charge in [0.15, 0.2) is 23.1 Å². The topological polar surface area (TPSA) is 75.6 Å². The Morgan fingerprint density at radius 1 is 0.686 bits per heavy atom. The fourth-order valence-electron chi connectivity index (χ4n) is 3.54. The highest BCUT2D eigenvalue weighted by Gasteiger charge is 2.14. The van der Waals surface area contributed by atoms with Crippen molar-refractivity contribution in [2.45, 2.75) is 0 Å². The summed E-state index contributed by atoms with van der Waals surface area (Å²) >= 11 is 0. The molecule has 0 unspecified atom stereocenters. The zero-order valence-electron chi connectivity index (χ0n) is 18.9. The van der Waals surface area contributed by atoms with Crippen LogP contribution in [-0.2, 0) is 0 Å². The van der Waals surface area contributed by atoms with Gasteiger partial charge in [0, 0.05) is 29.3 Å². The maximum Gasteiger partial charge on any atom is 0.238 e. The molecule has 0 aliphatic heterocycles. The van der Waals surface area contributed by atoms with E-state index in [1.807, 2.05) is 30.3 Å². The standard InChI is InChI=1S/C27H20FN3O4/c1-32-25-15-19-22(16-26(25)33-2)29-13-12-23(19)35-24-10-8-17(14-20(24)28)21-9-11-27(31-30-21)34-18-6-4-3-5-7-18/h3-16H,1-2H3. The number of hydrogen-bond donors (Lipinski definition) is 0. The monoisotopic (exact) mass is 469 g/mol. The number of aromatic nitrogens is 3. The van der Waals surface area contributed by atoms with Crippen LogP contribution in [0.25, 0.3) is 22.2 Å². The van der Waals surface area contributed by atoms with Gasteiger partial charge in [-0.2, -0.15) is 0 Å². The highest BCUT2D eigenvalue weighted by Crippen LogP contribution is 2.37. The lowest BCUT2D eigenvalue weighted by Crippen LogP contribution is -1.95. The lowest BCUT2D eigenvalue weighted by molar-refractivity contribution is 0.355. The number of methoxy groups -OCH3 is 2. The zero-order chi connectivity index (χ0) is 24.2. The molecule has 5 rings (SSSR count). The maximum absolute atomic E-state index is 15.0. The summed E-state index contributed by atoms with van der Waals surface area (Å²) in [6.45, 7) is 0. The lowest BCUT2D eigenvalue weighted by atomic mass is 10.1. The van der Waals surface area contributed by atoms with Crippen molar-refractivity contribution in [3.63, 3.8) is 0 Å². The van der Waals surface area contributed by atoms with Crippen LogP contribution in [0.3, 0.4) is 0 Å². The first-order valence-electron chi connectivity index (χ1n) is 10.7. The van der Waals surface area contributed by atoms with E-state index >= 15 is 0 Å². The van der Waals surface area contributed by atoms with Crippen LogP contribution in [0.2, 0.25) is 0 Å². The van der Waals surface area contributed by atoms with Crippen LogP contribution in [0, 0.1) is 5.82 Å². The minimum Gasteiger partial charge on any atom is -0.493 e. The van der Waals surface area contributed by atoms with Crippen LogP contribution < -0.4 is 18.9 Å². The number of halogens is 1. The SMILES string of the molecule is COc1cc2nccc(Oc3ccc(-c4ccc(Oc5ccccc5)nn4)cc3F)c2cc1OC. The number of hydrogen-bond acceptors (Lipinski definition) is 7. The van der Waals surface area contributed by atoms with E-state index in [2.05, 4.69) is 15.2 Å². The van der Waals surface area contributed by atoms with E-state index in [0.29, 0.717) is 51.0 Å². The summed E-state index contributed by atoms with van der Waals surface area (Å²) in [4.78, 5) is 4.34. The Morgan fingerprint density at radius 2 is 1.49 bits per heavy atom. The number of pyridine rings is 1. The Balaban J connectivity index is 1.38. The Morgan fingerprint density at radius 3 is 2.20 bits per heavy atom. The fourth-order valence-corrected chi connectivity index (χ4v) is 3.54. The molecule has 7 nitrogen and oxygen atoms in total. The highest BCUT2D eigenvalue weighted by molar-refractivity contribution is 5.88. The molecule has 0 bridgehead atoms. The largest absolute Gasteiger partial charge is 0.493 e. The smallest absolute Gasteiger partial charge is 0.238 e. The zero-order valence-corrected chi connectivity index (χ0v) is 18.9. The van der Waals surface area contributed by atoms with Crippen molar-refractivity contribution >= 4 is 10.9 Å². The first kappa shape index (κ1) is 22.1. The van der Waals surface area contributed by atoms with Crippen LogP contribution >= 0.6 is 0 Å². The minimum absolute atomic E-state index is 0.0630. The molecular weight excluding hydrogens is 449 g/mol. The molecule has 0 spiro atoms. The van der Waals surface area contributed by atoms with Crippen LogP contribution in [0.4, 0.5) is 4.39 Å². The number of para-hydroxylation sites is 1. The molecule has 0 atom stereocenters. The summed E-state index contributed by atoms with van der Waals surface area (Å²) in [6, 6.07) is 22.4. The average Bonchev–Trinajstić information content (AvgIpc) is 2.90. The van der Waals surface area contributed by atoms with Crippen molar-refractivity contribution in [2.75, 3.05) is 14.2 Å². The fraction of sp³-hybridized carbons (Fsp3) is 0.0741. The summed E-state index contributed by atoms with van der Waals surface area (Å²) < 4.78 is 37.3. The number of rotatable bonds is 7. The van der Waals surface area contributed by atoms with Gasteiger partial charge in [-0.15, -0.1) is 10.2 Å². The van der Waals surface area contributed by atoms with Gasteiger partial charge in [0.2, 0.25) is 5.88 Å². The Bertz CT molecular complexity index is 1480. The summed E-state index contributed by atoms with van der Waals surface area (Å²) in [6.07, 6.45) is 1.59. The van der Waals surface area contributed by atoms with Crippen molar-refractivity contribution in [2.24, 2.45) is 0 Å². The Labute approximate surface area is 200 Å². The Hall–Kier alpha value is -4.72. The molecular formula is C27H20FN3O4. The Kier molecular flexibility index (Phi) is 6.09. The van der Waals surface area contributed by atoms with E-state index in [9.17, 15) is 4.39 Å². The molecule has 174 valence electrons. The van der Waals surface area contributed by atoms with Crippen molar-refractivity contribution in [3.05, 3.63) is 90.9 Å². The summed E-state index contributed by atoms with van der Waals surface area (Å²) in [5.41, 5.74) is 1.69. The lowest BCUT2D eigenvalue weighted by Gasteiger charge is -2.13. The second kappa shape index (κ2) is 9.64. The number of fused-ring (bicyclic) bond motifs is 1. The van der Waals surface area contributed by atoms with Gasteiger partial charge in [-0.1, -0.05) is 18.2 Å². The normalized spacial score (nSPS) is 10.7. The maximum atomic E-state index is 15.0. The molecule has 0 saturated heterocycles. The van der Waals surface area contributed by atoms with Gasteiger partial charge in [0.05, 0.1) is 25.4 Å².